The molecular formula is C15H15NO2. The molecule has 0 aliphatic carbocycles. The van der Waals surface area contributed by atoms with Gasteiger partial charge in [-0.2, -0.15) is 0 Å². The second-order valence-corrected chi connectivity index (χ2v) is 4.17. The van der Waals surface area contributed by atoms with E-state index in [2.05, 4.69) is 0 Å². The minimum atomic E-state index is -0.305. The van der Waals surface area contributed by atoms with Crippen molar-refractivity contribution in [2.45, 2.75) is 12.8 Å². The topological polar surface area (TPSA) is 63.3 Å². The van der Waals surface area contributed by atoms with Gasteiger partial charge in [0.15, 0.2) is 0 Å². The number of carbonyl (C=O) groups excluding carboxylic acids is 1. The number of amides is 1. The molecule has 0 aliphatic heterocycles. The molecule has 92 valence electrons. The summed E-state index contributed by atoms with van der Waals surface area (Å²) in [7, 11) is 0. The fourth-order valence-corrected chi connectivity index (χ4v) is 1.95. The Morgan fingerprint density at radius 1 is 1.11 bits per heavy atom. The third kappa shape index (κ3) is 2.88. The van der Waals surface area contributed by atoms with Crippen LogP contribution >= 0.6 is 0 Å². The molecule has 0 heterocycles. The molecule has 3 heteroatoms. The second kappa shape index (κ2) is 5.36. The van der Waals surface area contributed by atoms with Gasteiger partial charge in [-0.05, 0) is 35.2 Å². The molecule has 2 rings (SSSR count). The fraction of sp³-hybridized carbons (Fsp3) is 0.133. The number of hydrogen-bond acceptors (Lipinski definition) is 2. The van der Waals surface area contributed by atoms with Crippen LogP contribution in [0.4, 0.5) is 0 Å². The van der Waals surface area contributed by atoms with Crippen molar-refractivity contribution in [3.05, 3.63) is 54.1 Å². The Kier molecular flexibility index (Phi) is 3.63. The molecule has 0 spiro atoms. The highest BCUT2D eigenvalue weighted by Crippen LogP contribution is 2.27. The molecule has 2 aromatic rings. The number of phenols is 1. The van der Waals surface area contributed by atoms with Crippen molar-refractivity contribution in [1.29, 1.82) is 0 Å². The van der Waals surface area contributed by atoms with Crippen LogP contribution in [0.15, 0.2) is 48.5 Å². The van der Waals surface area contributed by atoms with Crippen molar-refractivity contribution in [2.75, 3.05) is 0 Å². The van der Waals surface area contributed by atoms with Crippen LogP contribution in [0.1, 0.15) is 12.0 Å². The zero-order valence-corrected chi connectivity index (χ0v) is 9.97. The largest absolute Gasteiger partial charge is 0.508 e. The Balaban J connectivity index is 2.35. The summed E-state index contributed by atoms with van der Waals surface area (Å²) in [5.41, 5.74) is 8.19. The molecule has 0 unspecified atom stereocenters. The predicted octanol–water partition coefficient (Wildman–Crippen LogP) is 2.48. The summed E-state index contributed by atoms with van der Waals surface area (Å²) in [6.45, 7) is 0. The summed E-state index contributed by atoms with van der Waals surface area (Å²) in [5, 5.41) is 9.51. The number of hydrogen-bond donors (Lipinski definition) is 2. The SMILES string of the molecule is NC(=O)CCc1ccccc1-c1cccc(O)c1. The summed E-state index contributed by atoms with van der Waals surface area (Å²) < 4.78 is 0. The number of rotatable bonds is 4. The van der Waals surface area contributed by atoms with Crippen molar-refractivity contribution >= 4 is 5.91 Å². The van der Waals surface area contributed by atoms with Crippen LogP contribution in [0, 0.1) is 0 Å². The third-order valence-electron chi connectivity index (χ3n) is 2.82. The van der Waals surface area contributed by atoms with Crippen LogP contribution in [-0.4, -0.2) is 11.0 Å². The quantitative estimate of drug-likeness (QED) is 0.863. The van der Waals surface area contributed by atoms with Gasteiger partial charge in [0, 0.05) is 6.42 Å². The molecule has 0 fully saturated rings. The Morgan fingerprint density at radius 2 is 1.89 bits per heavy atom. The molecule has 2 aromatic carbocycles. The van der Waals surface area contributed by atoms with Gasteiger partial charge in [0.05, 0.1) is 0 Å². The lowest BCUT2D eigenvalue weighted by Crippen LogP contribution is -2.11. The van der Waals surface area contributed by atoms with Gasteiger partial charge in [0.2, 0.25) is 5.91 Å². The van der Waals surface area contributed by atoms with E-state index in [0.717, 1.165) is 16.7 Å². The maximum atomic E-state index is 10.9. The van der Waals surface area contributed by atoms with Gasteiger partial charge >= 0.3 is 0 Å². The van der Waals surface area contributed by atoms with E-state index in [1.807, 2.05) is 30.3 Å². The molecule has 0 radical (unpaired) electrons. The van der Waals surface area contributed by atoms with E-state index in [1.54, 1.807) is 18.2 Å². The van der Waals surface area contributed by atoms with Gasteiger partial charge in [0.25, 0.3) is 0 Å². The Morgan fingerprint density at radius 3 is 2.61 bits per heavy atom. The van der Waals surface area contributed by atoms with Gasteiger partial charge in [-0.15, -0.1) is 0 Å². The first-order valence-electron chi connectivity index (χ1n) is 5.82. The van der Waals surface area contributed by atoms with E-state index >= 15 is 0 Å². The number of aryl methyl sites for hydroxylation is 1. The Labute approximate surface area is 106 Å². The summed E-state index contributed by atoms with van der Waals surface area (Å²) in [5.74, 6) is -0.0714. The number of phenolic OH excluding ortho intramolecular Hbond substituents is 1. The van der Waals surface area contributed by atoms with Crippen LogP contribution in [0.25, 0.3) is 11.1 Å². The lowest BCUT2D eigenvalue weighted by atomic mass is 9.96. The van der Waals surface area contributed by atoms with Gasteiger partial charge in [-0.1, -0.05) is 36.4 Å². The first-order valence-corrected chi connectivity index (χ1v) is 5.82. The van der Waals surface area contributed by atoms with Gasteiger partial charge in [-0.25, -0.2) is 0 Å². The number of primary amides is 1. The third-order valence-corrected chi connectivity index (χ3v) is 2.82. The van der Waals surface area contributed by atoms with E-state index in [4.69, 9.17) is 5.73 Å². The lowest BCUT2D eigenvalue weighted by molar-refractivity contribution is -0.117. The van der Waals surface area contributed by atoms with Crippen molar-refractivity contribution in [3.8, 4) is 16.9 Å². The zero-order valence-electron chi connectivity index (χ0n) is 9.97. The average molecular weight is 241 g/mol. The molecule has 0 saturated carbocycles. The van der Waals surface area contributed by atoms with Crippen molar-refractivity contribution in [1.82, 2.24) is 0 Å². The van der Waals surface area contributed by atoms with E-state index in [1.165, 1.54) is 0 Å². The fourth-order valence-electron chi connectivity index (χ4n) is 1.95. The summed E-state index contributed by atoms with van der Waals surface area (Å²) in [4.78, 5) is 10.9. The molecule has 3 nitrogen and oxygen atoms in total. The Hall–Kier alpha value is -2.29. The van der Waals surface area contributed by atoms with Crippen molar-refractivity contribution in [2.24, 2.45) is 5.73 Å². The lowest BCUT2D eigenvalue weighted by Gasteiger charge is -2.09. The van der Waals surface area contributed by atoms with E-state index in [9.17, 15) is 9.90 Å². The van der Waals surface area contributed by atoms with Gasteiger partial charge in [-0.3, -0.25) is 4.79 Å². The average Bonchev–Trinajstić information content (AvgIpc) is 2.36. The number of aromatic hydroxyl groups is 1. The molecule has 0 aliphatic rings. The molecule has 3 N–H and O–H groups in total. The van der Waals surface area contributed by atoms with Crippen molar-refractivity contribution < 1.29 is 9.90 Å². The highest BCUT2D eigenvalue weighted by molar-refractivity contribution is 5.75. The monoisotopic (exact) mass is 241 g/mol. The highest BCUT2D eigenvalue weighted by Gasteiger charge is 2.06. The molecule has 18 heavy (non-hydrogen) atoms. The smallest absolute Gasteiger partial charge is 0.217 e. The first-order chi connectivity index (χ1) is 8.66. The van der Waals surface area contributed by atoms with Crippen LogP contribution in [0.5, 0.6) is 5.75 Å². The summed E-state index contributed by atoms with van der Waals surface area (Å²) in [6, 6.07) is 14.9. The number of carbonyl (C=O) groups is 1. The molecule has 1 amide bonds. The number of benzene rings is 2. The van der Waals surface area contributed by atoms with Gasteiger partial charge < -0.3 is 10.8 Å². The van der Waals surface area contributed by atoms with E-state index in [0.29, 0.717) is 12.8 Å². The maximum Gasteiger partial charge on any atom is 0.217 e. The molecule has 0 saturated heterocycles. The highest BCUT2D eigenvalue weighted by atomic mass is 16.3. The minimum Gasteiger partial charge on any atom is -0.508 e. The normalized spacial score (nSPS) is 10.2. The van der Waals surface area contributed by atoms with Crippen LogP contribution < -0.4 is 5.73 Å². The van der Waals surface area contributed by atoms with Crippen molar-refractivity contribution in [3.63, 3.8) is 0 Å². The minimum absolute atomic E-state index is 0.234. The standard InChI is InChI=1S/C15H15NO2/c16-15(18)9-8-11-4-1-2-7-14(11)12-5-3-6-13(17)10-12/h1-7,10,17H,8-9H2,(H2,16,18). The molecule has 0 aromatic heterocycles. The van der Waals surface area contributed by atoms with Crippen LogP contribution in [-0.2, 0) is 11.2 Å². The molecule has 0 atom stereocenters. The summed E-state index contributed by atoms with van der Waals surface area (Å²) >= 11 is 0. The van der Waals surface area contributed by atoms with E-state index in [-0.39, 0.29) is 11.7 Å². The summed E-state index contributed by atoms with van der Waals surface area (Å²) in [6.07, 6.45) is 0.941. The van der Waals surface area contributed by atoms with Crippen LogP contribution in [0.2, 0.25) is 0 Å². The van der Waals surface area contributed by atoms with E-state index < -0.39 is 0 Å². The first kappa shape index (κ1) is 12.2. The van der Waals surface area contributed by atoms with Gasteiger partial charge in [0.1, 0.15) is 5.75 Å². The molecular weight excluding hydrogens is 226 g/mol. The zero-order chi connectivity index (χ0) is 13.0. The maximum absolute atomic E-state index is 10.9. The predicted molar refractivity (Wildman–Crippen MR) is 71.1 cm³/mol. The second-order valence-electron chi connectivity index (χ2n) is 4.17. The Bertz CT molecular complexity index is 564. The van der Waals surface area contributed by atoms with Crippen LogP contribution in [0.3, 0.4) is 0 Å². The number of nitrogens with two attached hydrogens (primary N) is 1. The molecule has 0 bridgehead atoms.